The smallest absolute Gasteiger partial charge is 0.237 e. The Hall–Kier alpha value is -2.04. The molecule has 1 aromatic rings. The van der Waals surface area contributed by atoms with Gasteiger partial charge in [-0.15, -0.1) is 0 Å². The van der Waals surface area contributed by atoms with Gasteiger partial charge in [0, 0.05) is 6.42 Å². The molecule has 19 heavy (non-hydrogen) atoms. The normalized spacial score (nSPS) is 23.1. The van der Waals surface area contributed by atoms with Crippen LogP contribution in [0.3, 0.4) is 0 Å². The van der Waals surface area contributed by atoms with Crippen LogP contribution in [0, 0.1) is 0 Å². The van der Waals surface area contributed by atoms with Gasteiger partial charge in [0.2, 0.25) is 11.8 Å². The van der Waals surface area contributed by atoms with Gasteiger partial charge in [0.15, 0.2) is 11.5 Å². The molecule has 2 N–H and O–H groups in total. The summed E-state index contributed by atoms with van der Waals surface area (Å²) in [7, 11) is 1.46. The maximum atomic E-state index is 12.2. The fraction of sp³-hybridized carbons (Fsp3) is 0.429. The van der Waals surface area contributed by atoms with E-state index < -0.39 is 5.41 Å². The van der Waals surface area contributed by atoms with Crippen molar-refractivity contribution in [1.82, 2.24) is 5.32 Å². The second-order valence-corrected chi connectivity index (χ2v) is 4.70. The minimum absolute atomic E-state index is 0.0322. The van der Waals surface area contributed by atoms with Crippen LogP contribution < -0.4 is 10.1 Å². The van der Waals surface area contributed by atoms with Crippen LogP contribution >= 0.6 is 0 Å². The summed E-state index contributed by atoms with van der Waals surface area (Å²) in [5.74, 6) is -0.154. The number of imide groups is 1. The Morgan fingerprint density at radius 2 is 2.16 bits per heavy atom. The monoisotopic (exact) mass is 263 g/mol. The van der Waals surface area contributed by atoms with Gasteiger partial charge >= 0.3 is 0 Å². The lowest BCUT2D eigenvalue weighted by atomic mass is 9.72. The van der Waals surface area contributed by atoms with Gasteiger partial charge in [-0.05, 0) is 30.5 Å². The Labute approximate surface area is 111 Å². The second kappa shape index (κ2) is 4.91. The summed E-state index contributed by atoms with van der Waals surface area (Å²) in [6, 6.07) is 4.88. The van der Waals surface area contributed by atoms with Crippen LogP contribution in [0.4, 0.5) is 0 Å². The lowest BCUT2D eigenvalue weighted by Crippen LogP contribution is -2.51. The van der Waals surface area contributed by atoms with E-state index in [4.69, 9.17) is 4.74 Å². The van der Waals surface area contributed by atoms with Gasteiger partial charge in [-0.1, -0.05) is 13.0 Å². The van der Waals surface area contributed by atoms with Crippen LogP contribution in [-0.4, -0.2) is 24.0 Å². The van der Waals surface area contributed by atoms with E-state index in [1.54, 1.807) is 12.1 Å². The van der Waals surface area contributed by atoms with Gasteiger partial charge in [0.25, 0.3) is 0 Å². The van der Waals surface area contributed by atoms with Crippen molar-refractivity contribution in [2.45, 2.75) is 31.6 Å². The van der Waals surface area contributed by atoms with Crippen molar-refractivity contribution < 1.29 is 19.4 Å². The second-order valence-electron chi connectivity index (χ2n) is 4.70. The summed E-state index contributed by atoms with van der Waals surface area (Å²) in [6.07, 6.45) is 1.38. The van der Waals surface area contributed by atoms with Crippen LogP contribution in [0.25, 0.3) is 0 Å². The molecule has 1 saturated heterocycles. The predicted octanol–water partition coefficient (Wildman–Crippen LogP) is 1.49. The van der Waals surface area contributed by atoms with Crippen molar-refractivity contribution in [1.29, 1.82) is 0 Å². The minimum Gasteiger partial charge on any atom is -0.504 e. The molecular formula is C14H17NO4. The number of carbonyl (C=O) groups is 2. The van der Waals surface area contributed by atoms with Crippen molar-refractivity contribution in [2.24, 2.45) is 0 Å². The molecule has 2 amide bonds. The number of rotatable bonds is 3. The molecule has 0 saturated carbocycles. The maximum Gasteiger partial charge on any atom is 0.237 e. The average molecular weight is 263 g/mol. The van der Waals surface area contributed by atoms with Gasteiger partial charge in [-0.2, -0.15) is 0 Å². The molecular weight excluding hydrogens is 246 g/mol. The molecule has 1 aromatic carbocycles. The third-order valence-corrected chi connectivity index (χ3v) is 3.80. The predicted molar refractivity (Wildman–Crippen MR) is 69.0 cm³/mol. The van der Waals surface area contributed by atoms with Crippen LogP contribution in [0.5, 0.6) is 11.5 Å². The Bertz CT molecular complexity index is 526. The third-order valence-electron chi connectivity index (χ3n) is 3.80. The van der Waals surface area contributed by atoms with Gasteiger partial charge < -0.3 is 9.84 Å². The van der Waals surface area contributed by atoms with E-state index in [1.807, 2.05) is 6.92 Å². The molecule has 0 bridgehead atoms. The minimum atomic E-state index is -0.727. The van der Waals surface area contributed by atoms with E-state index in [0.717, 1.165) is 5.56 Å². The highest BCUT2D eigenvalue weighted by atomic mass is 16.5. The number of hydrogen-bond acceptors (Lipinski definition) is 4. The average Bonchev–Trinajstić information content (AvgIpc) is 2.40. The summed E-state index contributed by atoms with van der Waals surface area (Å²) in [5, 5.41) is 12.0. The molecule has 0 spiro atoms. The first-order valence-corrected chi connectivity index (χ1v) is 6.25. The molecule has 0 radical (unpaired) electrons. The van der Waals surface area contributed by atoms with Crippen molar-refractivity contribution in [3.63, 3.8) is 0 Å². The number of ether oxygens (including phenoxy) is 1. The molecule has 1 fully saturated rings. The number of nitrogens with one attached hydrogen (secondary N) is 1. The van der Waals surface area contributed by atoms with Gasteiger partial charge in [-0.25, -0.2) is 0 Å². The summed E-state index contributed by atoms with van der Waals surface area (Å²) < 4.78 is 5.07. The lowest BCUT2D eigenvalue weighted by Gasteiger charge is -2.35. The van der Waals surface area contributed by atoms with Crippen molar-refractivity contribution in [3.05, 3.63) is 23.8 Å². The molecule has 1 aliphatic heterocycles. The van der Waals surface area contributed by atoms with Gasteiger partial charge in [0.05, 0.1) is 12.5 Å². The quantitative estimate of drug-likeness (QED) is 0.810. The molecule has 1 heterocycles. The molecule has 5 heteroatoms. The van der Waals surface area contributed by atoms with Crippen LogP contribution in [0.15, 0.2) is 18.2 Å². The number of aromatic hydroxyl groups is 1. The fourth-order valence-corrected chi connectivity index (χ4v) is 2.54. The number of phenolic OH excluding ortho intramolecular Hbond substituents is 1. The highest BCUT2D eigenvalue weighted by molar-refractivity contribution is 6.03. The third kappa shape index (κ3) is 2.16. The SMILES string of the molecule is CCC1(c2ccc(O)c(OC)c2)CCC(=O)NC1=O. The fourth-order valence-electron chi connectivity index (χ4n) is 2.54. The number of benzene rings is 1. The highest BCUT2D eigenvalue weighted by Gasteiger charge is 2.42. The molecule has 1 atom stereocenters. The van der Waals surface area contributed by atoms with Gasteiger partial charge in [-0.3, -0.25) is 14.9 Å². The van der Waals surface area contributed by atoms with Gasteiger partial charge in [0.1, 0.15) is 0 Å². The zero-order valence-electron chi connectivity index (χ0n) is 11.0. The first-order valence-electron chi connectivity index (χ1n) is 6.25. The van der Waals surface area contributed by atoms with Crippen LogP contribution in [-0.2, 0) is 15.0 Å². The largest absolute Gasteiger partial charge is 0.504 e. The summed E-state index contributed by atoms with van der Waals surface area (Å²) in [6.45, 7) is 1.91. The highest BCUT2D eigenvalue weighted by Crippen LogP contribution is 2.39. The van der Waals surface area contributed by atoms with E-state index in [1.165, 1.54) is 13.2 Å². The Morgan fingerprint density at radius 1 is 1.42 bits per heavy atom. The maximum absolute atomic E-state index is 12.2. The number of hydrogen-bond donors (Lipinski definition) is 2. The van der Waals surface area contributed by atoms with E-state index in [9.17, 15) is 14.7 Å². The number of carbonyl (C=O) groups excluding carboxylic acids is 2. The summed E-state index contributed by atoms with van der Waals surface area (Å²) in [5.41, 5.74) is 0.0316. The Balaban J connectivity index is 2.47. The van der Waals surface area contributed by atoms with E-state index in [-0.39, 0.29) is 17.6 Å². The van der Waals surface area contributed by atoms with E-state index >= 15 is 0 Å². The standard InChI is InChI=1S/C14H17NO4/c1-3-14(7-6-12(17)15-13(14)18)9-4-5-10(16)11(8-9)19-2/h4-5,8,16H,3,6-7H2,1-2H3,(H,15,17,18). The van der Waals surface area contributed by atoms with E-state index in [2.05, 4.69) is 5.32 Å². The number of methoxy groups -OCH3 is 1. The van der Waals surface area contributed by atoms with E-state index in [0.29, 0.717) is 25.0 Å². The molecule has 5 nitrogen and oxygen atoms in total. The Kier molecular flexibility index (Phi) is 3.46. The molecule has 0 aliphatic carbocycles. The number of phenols is 1. The van der Waals surface area contributed by atoms with Crippen molar-refractivity contribution in [2.75, 3.05) is 7.11 Å². The molecule has 102 valence electrons. The lowest BCUT2D eigenvalue weighted by molar-refractivity contribution is -0.138. The van der Waals surface area contributed by atoms with Crippen molar-refractivity contribution in [3.8, 4) is 11.5 Å². The molecule has 0 aromatic heterocycles. The van der Waals surface area contributed by atoms with Crippen LogP contribution in [0.1, 0.15) is 31.7 Å². The summed E-state index contributed by atoms with van der Waals surface area (Å²) in [4.78, 5) is 23.5. The first-order chi connectivity index (χ1) is 9.03. The Morgan fingerprint density at radius 3 is 2.74 bits per heavy atom. The van der Waals surface area contributed by atoms with Crippen LogP contribution in [0.2, 0.25) is 0 Å². The number of amides is 2. The molecule has 2 rings (SSSR count). The molecule has 1 aliphatic rings. The van der Waals surface area contributed by atoms with Crippen molar-refractivity contribution >= 4 is 11.8 Å². The topological polar surface area (TPSA) is 75.6 Å². The number of piperidine rings is 1. The zero-order valence-corrected chi connectivity index (χ0v) is 11.0. The molecule has 1 unspecified atom stereocenters. The zero-order chi connectivity index (χ0) is 14.0. The summed E-state index contributed by atoms with van der Waals surface area (Å²) >= 11 is 0. The first kappa shape index (κ1) is 13.4.